The molecule has 2 N–H and O–H groups in total. The quantitative estimate of drug-likeness (QED) is 0.483. The summed E-state index contributed by atoms with van der Waals surface area (Å²) in [6, 6.07) is 29.5. The lowest BCUT2D eigenvalue weighted by atomic mass is 10.0. The van der Waals surface area contributed by atoms with Crippen molar-refractivity contribution < 1.29 is 9.90 Å². The van der Waals surface area contributed by atoms with Gasteiger partial charge in [0.05, 0.1) is 11.3 Å². The van der Waals surface area contributed by atoms with Crippen molar-refractivity contribution in [2.45, 2.75) is 0 Å². The molecule has 0 saturated carbocycles. The summed E-state index contributed by atoms with van der Waals surface area (Å²) in [6.07, 6.45) is 0. The van der Waals surface area contributed by atoms with Crippen LogP contribution in [-0.2, 0) is 0 Å². The van der Waals surface area contributed by atoms with Gasteiger partial charge in [0.1, 0.15) is 0 Å². The Bertz CT molecular complexity index is 1100. The summed E-state index contributed by atoms with van der Waals surface area (Å²) in [6.45, 7) is 0. The third kappa shape index (κ3) is 3.15. The predicted octanol–water partition coefficient (Wildman–Crippen LogP) is 5.95. The van der Waals surface area contributed by atoms with E-state index in [1.165, 1.54) is 10.8 Å². The van der Waals surface area contributed by atoms with Gasteiger partial charge in [0.15, 0.2) is 0 Å². The van der Waals surface area contributed by atoms with Crippen molar-refractivity contribution in [2.75, 3.05) is 5.32 Å². The maximum Gasteiger partial charge on any atom is 0.337 e. The Morgan fingerprint density at radius 2 is 1.42 bits per heavy atom. The smallest absolute Gasteiger partial charge is 0.337 e. The first-order valence-corrected chi connectivity index (χ1v) is 8.39. The predicted molar refractivity (Wildman–Crippen MR) is 106 cm³/mol. The monoisotopic (exact) mass is 339 g/mol. The fraction of sp³-hybridized carbons (Fsp3) is 0. The van der Waals surface area contributed by atoms with Crippen LogP contribution in [0.5, 0.6) is 0 Å². The Labute approximate surface area is 151 Å². The van der Waals surface area contributed by atoms with E-state index in [1.54, 1.807) is 18.2 Å². The molecule has 0 atom stereocenters. The number of fused-ring (bicyclic) bond motifs is 1. The maximum atomic E-state index is 11.4. The summed E-state index contributed by atoms with van der Waals surface area (Å²) < 4.78 is 0. The van der Waals surface area contributed by atoms with E-state index in [0.29, 0.717) is 5.69 Å². The van der Waals surface area contributed by atoms with Crippen LogP contribution in [0.1, 0.15) is 10.4 Å². The number of carbonyl (C=O) groups is 1. The van der Waals surface area contributed by atoms with Crippen molar-refractivity contribution in [3.05, 3.63) is 96.6 Å². The van der Waals surface area contributed by atoms with Gasteiger partial charge in [-0.25, -0.2) is 4.79 Å². The van der Waals surface area contributed by atoms with Crippen LogP contribution in [0.4, 0.5) is 11.4 Å². The van der Waals surface area contributed by atoms with E-state index in [2.05, 4.69) is 41.7 Å². The molecule has 0 aromatic heterocycles. The zero-order valence-electron chi connectivity index (χ0n) is 14.0. The van der Waals surface area contributed by atoms with Crippen molar-refractivity contribution in [3.63, 3.8) is 0 Å². The second-order valence-electron chi connectivity index (χ2n) is 6.12. The summed E-state index contributed by atoms with van der Waals surface area (Å²) in [5.74, 6) is -0.946. The first-order valence-electron chi connectivity index (χ1n) is 8.39. The van der Waals surface area contributed by atoms with Gasteiger partial charge in [-0.3, -0.25) is 0 Å². The molecule has 0 aliphatic heterocycles. The SMILES string of the molecule is O=C(O)c1ccccc1Nc1cccc(-c2ccc3ccccc3c2)c1. The van der Waals surface area contributed by atoms with Gasteiger partial charge in [-0.15, -0.1) is 0 Å². The molecule has 126 valence electrons. The molecule has 0 aliphatic rings. The van der Waals surface area contributed by atoms with Crippen molar-refractivity contribution >= 4 is 28.1 Å². The highest BCUT2D eigenvalue weighted by Crippen LogP contribution is 2.28. The number of hydrogen-bond acceptors (Lipinski definition) is 2. The Kier molecular flexibility index (Phi) is 4.12. The van der Waals surface area contributed by atoms with Gasteiger partial charge in [-0.05, 0) is 52.2 Å². The number of aromatic carboxylic acids is 1. The summed E-state index contributed by atoms with van der Waals surface area (Å²) in [4.78, 5) is 11.4. The maximum absolute atomic E-state index is 11.4. The normalized spacial score (nSPS) is 10.6. The second-order valence-corrected chi connectivity index (χ2v) is 6.12. The molecule has 0 spiro atoms. The third-order valence-corrected chi connectivity index (χ3v) is 4.38. The minimum atomic E-state index is -0.946. The zero-order valence-corrected chi connectivity index (χ0v) is 14.0. The first-order chi connectivity index (χ1) is 12.7. The molecule has 26 heavy (non-hydrogen) atoms. The number of hydrogen-bond donors (Lipinski definition) is 2. The van der Waals surface area contributed by atoms with Crippen molar-refractivity contribution in [2.24, 2.45) is 0 Å². The van der Waals surface area contributed by atoms with Crippen LogP contribution in [0.2, 0.25) is 0 Å². The molecule has 3 nitrogen and oxygen atoms in total. The van der Waals surface area contributed by atoms with E-state index in [-0.39, 0.29) is 5.56 Å². The fourth-order valence-corrected chi connectivity index (χ4v) is 3.08. The third-order valence-electron chi connectivity index (χ3n) is 4.38. The van der Waals surface area contributed by atoms with Gasteiger partial charge >= 0.3 is 5.97 Å². The van der Waals surface area contributed by atoms with E-state index >= 15 is 0 Å². The Balaban J connectivity index is 1.69. The van der Waals surface area contributed by atoms with Gasteiger partial charge < -0.3 is 10.4 Å². The van der Waals surface area contributed by atoms with Crippen LogP contribution in [0, 0.1) is 0 Å². The minimum Gasteiger partial charge on any atom is -0.478 e. The summed E-state index contributed by atoms with van der Waals surface area (Å²) in [5, 5.41) is 15.0. The average Bonchev–Trinajstić information content (AvgIpc) is 2.68. The number of carboxylic acids is 1. The summed E-state index contributed by atoms with van der Waals surface area (Å²) in [5.41, 5.74) is 3.89. The van der Waals surface area contributed by atoms with Gasteiger partial charge in [-0.1, -0.05) is 60.7 Å². The highest BCUT2D eigenvalue weighted by molar-refractivity contribution is 5.95. The lowest BCUT2D eigenvalue weighted by molar-refractivity contribution is 0.0698. The number of nitrogens with one attached hydrogen (secondary N) is 1. The van der Waals surface area contributed by atoms with Crippen LogP contribution in [0.25, 0.3) is 21.9 Å². The van der Waals surface area contributed by atoms with E-state index in [4.69, 9.17) is 0 Å². The number of rotatable bonds is 4. The molecule has 0 saturated heterocycles. The van der Waals surface area contributed by atoms with Crippen LogP contribution in [-0.4, -0.2) is 11.1 Å². The van der Waals surface area contributed by atoms with E-state index < -0.39 is 5.97 Å². The van der Waals surface area contributed by atoms with Crippen LogP contribution in [0.15, 0.2) is 91.0 Å². The highest BCUT2D eigenvalue weighted by Gasteiger charge is 2.09. The number of para-hydroxylation sites is 1. The highest BCUT2D eigenvalue weighted by atomic mass is 16.4. The number of anilines is 2. The van der Waals surface area contributed by atoms with Crippen LogP contribution < -0.4 is 5.32 Å². The van der Waals surface area contributed by atoms with Gasteiger partial charge in [0, 0.05) is 5.69 Å². The lowest BCUT2D eigenvalue weighted by Gasteiger charge is -2.11. The van der Waals surface area contributed by atoms with Crippen molar-refractivity contribution in [1.82, 2.24) is 0 Å². The Morgan fingerprint density at radius 1 is 0.692 bits per heavy atom. The molecule has 4 aromatic rings. The molecule has 0 radical (unpaired) electrons. The first kappa shape index (κ1) is 15.9. The standard InChI is InChI=1S/C23H17NO2/c25-23(26)21-10-3-4-11-22(21)24-20-9-5-8-18(15-20)19-13-12-16-6-1-2-7-17(16)14-19/h1-15,24H,(H,25,26). The topological polar surface area (TPSA) is 49.3 Å². The Hall–Kier alpha value is -3.59. The summed E-state index contributed by atoms with van der Waals surface area (Å²) >= 11 is 0. The van der Waals surface area contributed by atoms with Gasteiger partial charge in [0.2, 0.25) is 0 Å². The lowest BCUT2D eigenvalue weighted by Crippen LogP contribution is -2.02. The zero-order chi connectivity index (χ0) is 17.9. The number of carboxylic acid groups (broad SMARTS) is 1. The molecule has 4 rings (SSSR count). The van der Waals surface area contributed by atoms with Gasteiger partial charge in [-0.2, -0.15) is 0 Å². The molecular weight excluding hydrogens is 322 g/mol. The minimum absolute atomic E-state index is 0.253. The average molecular weight is 339 g/mol. The van der Waals surface area contributed by atoms with Crippen molar-refractivity contribution in [1.29, 1.82) is 0 Å². The molecule has 4 aromatic carbocycles. The van der Waals surface area contributed by atoms with E-state index in [0.717, 1.165) is 16.8 Å². The van der Waals surface area contributed by atoms with E-state index in [1.807, 2.05) is 36.4 Å². The summed E-state index contributed by atoms with van der Waals surface area (Å²) in [7, 11) is 0. The molecule has 0 unspecified atom stereocenters. The van der Waals surface area contributed by atoms with Gasteiger partial charge in [0.25, 0.3) is 0 Å². The molecule has 0 amide bonds. The van der Waals surface area contributed by atoms with Crippen molar-refractivity contribution in [3.8, 4) is 11.1 Å². The largest absolute Gasteiger partial charge is 0.478 e. The molecule has 0 aliphatic carbocycles. The van der Waals surface area contributed by atoms with Crippen LogP contribution in [0.3, 0.4) is 0 Å². The molecule has 0 fully saturated rings. The molecule has 0 heterocycles. The van der Waals surface area contributed by atoms with E-state index in [9.17, 15) is 9.90 Å². The fourth-order valence-electron chi connectivity index (χ4n) is 3.08. The second kappa shape index (κ2) is 6.73. The number of benzene rings is 4. The van der Waals surface area contributed by atoms with Crippen LogP contribution >= 0.6 is 0 Å². The molecule has 3 heteroatoms. The molecular formula is C23H17NO2. The Morgan fingerprint density at radius 3 is 2.27 bits per heavy atom. The molecule has 0 bridgehead atoms.